The number of aromatic nitrogens is 2. The minimum absolute atomic E-state index is 0.146. The molecule has 26 heavy (non-hydrogen) atoms. The molecule has 2 saturated heterocycles. The van der Waals surface area contributed by atoms with Gasteiger partial charge in [-0.25, -0.2) is 0 Å². The number of rotatable bonds is 4. The third kappa shape index (κ3) is 5.18. The number of allylic oxidation sites excluding steroid dienone is 1. The summed E-state index contributed by atoms with van der Waals surface area (Å²) in [6.45, 7) is 15.5. The van der Waals surface area contributed by atoms with Crippen molar-refractivity contribution in [2.24, 2.45) is 0 Å². The number of hydrogen-bond acceptors (Lipinski definition) is 7. The van der Waals surface area contributed by atoms with Gasteiger partial charge >= 0.3 is 0 Å². The fourth-order valence-electron chi connectivity index (χ4n) is 4.39. The molecule has 2 fully saturated rings. The second kappa shape index (κ2) is 7.44. The average Bonchev–Trinajstić information content (AvgIpc) is 2.92. The third-order valence-corrected chi connectivity index (χ3v) is 5.96. The fraction of sp³-hybridized carbons (Fsp3) is 0.789. The molecule has 0 saturated carbocycles. The molecule has 0 amide bonds. The molecule has 0 bridgehead atoms. The second-order valence-corrected chi connectivity index (χ2v) is 9.93. The van der Waals surface area contributed by atoms with Crippen LogP contribution in [0.15, 0.2) is 5.70 Å². The number of hydrogen-bond donors (Lipinski definition) is 2. The van der Waals surface area contributed by atoms with E-state index in [0.29, 0.717) is 6.04 Å². The minimum Gasteiger partial charge on any atom is -0.386 e. The van der Waals surface area contributed by atoms with Crippen molar-refractivity contribution >= 4 is 22.7 Å². The van der Waals surface area contributed by atoms with Gasteiger partial charge in [0.1, 0.15) is 0 Å². The van der Waals surface area contributed by atoms with Crippen molar-refractivity contribution in [3.63, 3.8) is 0 Å². The van der Waals surface area contributed by atoms with Gasteiger partial charge in [-0.1, -0.05) is 0 Å². The number of anilines is 1. The normalized spacial score (nSPS) is 24.7. The molecule has 0 atom stereocenters. The van der Waals surface area contributed by atoms with Crippen LogP contribution in [0.5, 0.6) is 0 Å². The topological polar surface area (TPSA) is 56.3 Å². The van der Waals surface area contributed by atoms with Crippen LogP contribution in [0.4, 0.5) is 5.13 Å². The van der Waals surface area contributed by atoms with E-state index in [9.17, 15) is 0 Å². The van der Waals surface area contributed by atoms with Crippen molar-refractivity contribution < 1.29 is 0 Å². The highest BCUT2D eigenvalue weighted by atomic mass is 32.1. The summed E-state index contributed by atoms with van der Waals surface area (Å²) in [6, 6.07) is 0.466. The molecular formula is C19H34N6S. The summed E-state index contributed by atoms with van der Waals surface area (Å²) >= 11 is 1.51. The Morgan fingerprint density at radius 1 is 1.15 bits per heavy atom. The van der Waals surface area contributed by atoms with Crippen LogP contribution in [-0.2, 0) is 0 Å². The van der Waals surface area contributed by atoms with E-state index in [1.807, 2.05) is 0 Å². The van der Waals surface area contributed by atoms with Crippen LogP contribution < -0.4 is 15.5 Å². The molecule has 0 spiro atoms. The molecule has 1 aromatic heterocycles. The monoisotopic (exact) mass is 378 g/mol. The molecule has 3 heterocycles. The zero-order valence-corrected chi connectivity index (χ0v) is 17.9. The molecule has 1 aromatic rings. The van der Waals surface area contributed by atoms with Crippen LogP contribution in [0, 0.1) is 0 Å². The van der Waals surface area contributed by atoms with Gasteiger partial charge in [0.2, 0.25) is 5.13 Å². The molecule has 146 valence electrons. The Morgan fingerprint density at radius 2 is 1.77 bits per heavy atom. The van der Waals surface area contributed by atoms with Gasteiger partial charge in [-0.15, -0.1) is 0 Å². The number of piperidine rings is 1. The lowest BCUT2D eigenvalue weighted by molar-refractivity contribution is 0.151. The molecule has 0 unspecified atom stereocenters. The highest BCUT2D eigenvalue weighted by molar-refractivity contribution is 7.09. The van der Waals surface area contributed by atoms with Crippen LogP contribution in [0.3, 0.4) is 0 Å². The smallest absolute Gasteiger partial charge is 0.205 e. The number of nitrogens with one attached hydrogen (secondary N) is 2. The third-order valence-electron chi connectivity index (χ3n) is 5.17. The maximum atomic E-state index is 4.74. The van der Waals surface area contributed by atoms with E-state index in [0.717, 1.165) is 55.7 Å². The van der Waals surface area contributed by atoms with Gasteiger partial charge in [0.25, 0.3) is 0 Å². The van der Waals surface area contributed by atoms with E-state index in [1.54, 1.807) is 0 Å². The quantitative estimate of drug-likeness (QED) is 0.840. The molecule has 0 radical (unpaired) electrons. The van der Waals surface area contributed by atoms with Crippen LogP contribution in [-0.4, -0.2) is 64.6 Å². The first-order valence-electron chi connectivity index (χ1n) is 9.63. The second-order valence-electron chi connectivity index (χ2n) is 9.20. The lowest BCUT2D eigenvalue weighted by Crippen LogP contribution is -2.61. The maximum absolute atomic E-state index is 4.74. The van der Waals surface area contributed by atoms with E-state index in [1.165, 1.54) is 11.5 Å². The zero-order chi connectivity index (χ0) is 18.9. The van der Waals surface area contributed by atoms with E-state index < -0.39 is 0 Å². The van der Waals surface area contributed by atoms with Crippen LogP contribution in [0.25, 0.3) is 6.08 Å². The Hall–Kier alpha value is -1.18. The highest BCUT2D eigenvalue weighted by Crippen LogP contribution is 2.29. The van der Waals surface area contributed by atoms with Crippen molar-refractivity contribution in [3.05, 3.63) is 11.5 Å². The minimum atomic E-state index is 0.146. The molecule has 0 aliphatic carbocycles. The summed E-state index contributed by atoms with van der Waals surface area (Å²) in [7, 11) is 2.17. The molecule has 7 heteroatoms. The standard InChI is InChI=1S/C19H34N6S/c1-14(20-15-12-18(2,3)23-19(4,5)13-15)11-16-21-17(26-22-16)25-9-7-24(6)8-10-25/h11,15,20,23H,7-10,12-13H2,1-6H3. The fourth-order valence-corrected chi connectivity index (χ4v) is 5.09. The van der Waals surface area contributed by atoms with Crippen molar-refractivity contribution in [2.75, 3.05) is 38.1 Å². The van der Waals surface area contributed by atoms with E-state index in [4.69, 9.17) is 4.98 Å². The van der Waals surface area contributed by atoms with Crippen molar-refractivity contribution in [1.82, 2.24) is 24.9 Å². The highest BCUT2D eigenvalue weighted by Gasteiger charge is 2.37. The summed E-state index contributed by atoms with van der Waals surface area (Å²) in [5, 5.41) is 8.48. The summed E-state index contributed by atoms with van der Waals surface area (Å²) in [5.41, 5.74) is 1.44. The maximum Gasteiger partial charge on any atom is 0.205 e. The van der Waals surface area contributed by atoms with Crippen LogP contribution >= 0.6 is 11.5 Å². The first-order chi connectivity index (χ1) is 12.1. The Bertz CT molecular complexity index is 626. The molecule has 2 aliphatic heterocycles. The van der Waals surface area contributed by atoms with Gasteiger partial charge in [0.15, 0.2) is 5.82 Å². The lowest BCUT2D eigenvalue weighted by atomic mass is 9.79. The SMILES string of the molecule is CC(=Cc1nsc(N2CCN(C)CC2)n1)NC1CC(C)(C)NC(C)(C)C1. The number of likely N-dealkylation sites (N-methyl/N-ethyl adjacent to an activating group) is 1. The molecular weight excluding hydrogens is 344 g/mol. The molecule has 6 nitrogen and oxygen atoms in total. The summed E-state index contributed by atoms with van der Waals surface area (Å²) < 4.78 is 4.55. The van der Waals surface area contributed by atoms with Gasteiger partial charge in [0.05, 0.1) is 0 Å². The largest absolute Gasteiger partial charge is 0.386 e. The number of nitrogens with zero attached hydrogens (tertiary/aromatic N) is 4. The molecule has 0 aromatic carbocycles. The Morgan fingerprint density at radius 3 is 2.38 bits per heavy atom. The zero-order valence-electron chi connectivity index (χ0n) is 17.1. The van der Waals surface area contributed by atoms with Crippen molar-refractivity contribution in [2.45, 2.75) is 64.6 Å². The number of piperazine rings is 1. The van der Waals surface area contributed by atoms with Gasteiger partial charge in [-0.2, -0.15) is 9.36 Å². The Balaban J connectivity index is 1.61. The summed E-state index contributed by atoms with van der Waals surface area (Å²) in [4.78, 5) is 9.43. The Labute approximate surface area is 162 Å². The Kier molecular flexibility index (Phi) is 5.61. The van der Waals surface area contributed by atoms with Gasteiger partial charge in [-0.3, -0.25) is 0 Å². The first-order valence-corrected chi connectivity index (χ1v) is 10.4. The van der Waals surface area contributed by atoms with E-state index in [-0.39, 0.29) is 11.1 Å². The van der Waals surface area contributed by atoms with Crippen LogP contribution in [0.2, 0.25) is 0 Å². The lowest BCUT2D eigenvalue weighted by Gasteiger charge is -2.47. The molecule has 3 rings (SSSR count). The van der Waals surface area contributed by atoms with Gasteiger partial charge < -0.3 is 20.4 Å². The predicted octanol–water partition coefficient (Wildman–Crippen LogP) is 2.55. The van der Waals surface area contributed by atoms with E-state index in [2.05, 4.69) is 72.5 Å². The average molecular weight is 379 g/mol. The van der Waals surface area contributed by atoms with Crippen molar-refractivity contribution in [1.29, 1.82) is 0 Å². The summed E-state index contributed by atoms with van der Waals surface area (Å²) in [5.74, 6) is 0.821. The van der Waals surface area contributed by atoms with Gasteiger partial charge in [-0.05, 0) is 54.5 Å². The first kappa shape index (κ1) is 19.6. The summed E-state index contributed by atoms with van der Waals surface area (Å²) in [6.07, 6.45) is 4.30. The van der Waals surface area contributed by atoms with E-state index >= 15 is 0 Å². The molecule has 2 aliphatic rings. The van der Waals surface area contributed by atoms with Crippen molar-refractivity contribution in [3.8, 4) is 0 Å². The molecule has 2 N–H and O–H groups in total. The van der Waals surface area contributed by atoms with Gasteiger partial charge in [0, 0.05) is 66.6 Å². The van der Waals surface area contributed by atoms with Crippen LogP contribution in [0.1, 0.15) is 53.3 Å². The predicted molar refractivity (Wildman–Crippen MR) is 111 cm³/mol.